The summed E-state index contributed by atoms with van der Waals surface area (Å²) in [6.45, 7) is 7.74. The van der Waals surface area contributed by atoms with E-state index in [1.165, 1.54) is 19.4 Å². The molecule has 0 spiro atoms. The van der Waals surface area contributed by atoms with Crippen molar-refractivity contribution in [2.75, 3.05) is 39.9 Å². The summed E-state index contributed by atoms with van der Waals surface area (Å²) in [6, 6.07) is -0.185. The molecule has 0 aliphatic carbocycles. The molecule has 0 radical (unpaired) electrons. The molecule has 1 unspecified atom stereocenters. The van der Waals surface area contributed by atoms with Gasteiger partial charge in [-0.25, -0.2) is 0 Å². The molecule has 1 aliphatic heterocycles. The number of aliphatic hydroxyl groups is 2. The first-order chi connectivity index (χ1) is 7.99. The largest absolute Gasteiger partial charge is 0.395 e. The summed E-state index contributed by atoms with van der Waals surface area (Å²) in [4.78, 5) is 2.39. The lowest BCUT2D eigenvalue weighted by molar-refractivity contribution is 0.0903. The Hall–Kier alpha value is -0.160. The first kappa shape index (κ1) is 14.9. The summed E-state index contributed by atoms with van der Waals surface area (Å²) in [7, 11) is 2.18. The fourth-order valence-corrected chi connectivity index (χ4v) is 2.54. The van der Waals surface area contributed by atoms with Crippen LogP contribution in [0.1, 0.15) is 26.7 Å². The highest BCUT2D eigenvalue weighted by Crippen LogP contribution is 2.32. The first-order valence-corrected chi connectivity index (χ1v) is 6.63. The van der Waals surface area contributed by atoms with Crippen LogP contribution in [0.15, 0.2) is 0 Å². The minimum absolute atomic E-state index is 0.00283. The van der Waals surface area contributed by atoms with Gasteiger partial charge < -0.3 is 20.4 Å². The van der Waals surface area contributed by atoms with E-state index in [4.69, 9.17) is 10.2 Å². The molecule has 4 nitrogen and oxygen atoms in total. The van der Waals surface area contributed by atoms with Gasteiger partial charge in [-0.05, 0) is 37.8 Å². The van der Waals surface area contributed by atoms with Crippen LogP contribution in [0.5, 0.6) is 0 Å². The lowest BCUT2D eigenvalue weighted by atomic mass is 9.74. The normalized spacial score (nSPS) is 23.3. The van der Waals surface area contributed by atoms with E-state index >= 15 is 0 Å². The molecule has 0 saturated carbocycles. The van der Waals surface area contributed by atoms with Crippen LogP contribution in [-0.4, -0.2) is 61.1 Å². The van der Waals surface area contributed by atoms with E-state index in [1.54, 1.807) is 0 Å². The van der Waals surface area contributed by atoms with Crippen molar-refractivity contribution in [3.63, 3.8) is 0 Å². The highest BCUT2D eigenvalue weighted by Gasteiger charge is 2.32. The average Bonchev–Trinajstić information content (AvgIpc) is 2.30. The summed E-state index contributed by atoms with van der Waals surface area (Å²) in [5.41, 5.74) is 0.206. The van der Waals surface area contributed by atoms with Crippen molar-refractivity contribution in [2.24, 2.45) is 11.3 Å². The van der Waals surface area contributed by atoms with E-state index in [9.17, 15) is 0 Å². The van der Waals surface area contributed by atoms with Crippen molar-refractivity contribution in [1.29, 1.82) is 0 Å². The number of hydrogen-bond acceptors (Lipinski definition) is 4. The molecule has 102 valence electrons. The van der Waals surface area contributed by atoms with Crippen molar-refractivity contribution < 1.29 is 10.2 Å². The molecule has 3 N–H and O–H groups in total. The molecule has 1 rings (SSSR count). The zero-order valence-electron chi connectivity index (χ0n) is 11.4. The molecule has 0 aromatic rings. The number of piperidine rings is 1. The molecular weight excluding hydrogens is 216 g/mol. The predicted molar refractivity (Wildman–Crippen MR) is 70.0 cm³/mol. The molecule has 17 heavy (non-hydrogen) atoms. The van der Waals surface area contributed by atoms with Crippen LogP contribution >= 0.6 is 0 Å². The molecule has 1 heterocycles. The van der Waals surface area contributed by atoms with Gasteiger partial charge in [-0.2, -0.15) is 0 Å². The van der Waals surface area contributed by atoms with E-state index in [-0.39, 0.29) is 24.7 Å². The van der Waals surface area contributed by atoms with E-state index in [0.717, 1.165) is 13.1 Å². The van der Waals surface area contributed by atoms with Crippen LogP contribution < -0.4 is 5.32 Å². The van der Waals surface area contributed by atoms with Crippen LogP contribution in [0.2, 0.25) is 0 Å². The molecule has 1 aliphatic rings. The second-order valence-corrected chi connectivity index (χ2v) is 6.03. The number of hydrogen-bond donors (Lipinski definition) is 3. The van der Waals surface area contributed by atoms with Gasteiger partial charge in [0, 0.05) is 13.1 Å². The number of aliphatic hydroxyl groups excluding tert-OH is 2. The highest BCUT2D eigenvalue weighted by atomic mass is 16.3. The quantitative estimate of drug-likeness (QED) is 0.629. The smallest absolute Gasteiger partial charge is 0.0607 e. The minimum Gasteiger partial charge on any atom is -0.395 e. The van der Waals surface area contributed by atoms with Crippen molar-refractivity contribution in [3.05, 3.63) is 0 Å². The van der Waals surface area contributed by atoms with E-state index in [1.807, 2.05) is 0 Å². The Bertz CT molecular complexity index is 217. The Morgan fingerprint density at radius 3 is 2.53 bits per heavy atom. The lowest BCUT2D eigenvalue weighted by Gasteiger charge is -2.41. The van der Waals surface area contributed by atoms with Gasteiger partial charge in [-0.3, -0.25) is 0 Å². The lowest BCUT2D eigenvalue weighted by Crippen LogP contribution is -2.47. The molecule has 1 saturated heterocycles. The van der Waals surface area contributed by atoms with Crippen molar-refractivity contribution >= 4 is 0 Å². The summed E-state index contributed by atoms with van der Waals surface area (Å²) < 4.78 is 0. The maximum Gasteiger partial charge on any atom is 0.0607 e. The summed E-state index contributed by atoms with van der Waals surface area (Å²) in [5.74, 6) is 0.687. The molecule has 0 aromatic heterocycles. The SMILES string of the molecule is CN1CCCC(C(C)(C)CNC(CO)CO)C1. The van der Waals surface area contributed by atoms with Crippen LogP contribution in [-0.2, 0) is 0 Å². The molecule has 1 atom stereocenters. The number of rotatable bonds is 6. The molecule has 0 amide bonds. The van der Waals surface area contributed by atoms with Crippen LogP contribution in [0.3, 0.4) is 0 Å². The van der Waals surface area contributed by atoms with Crippen molar-refractivity contribution in [3.8, 4) is 0 Å². The average molecular weight is 244 g/mol. The summed E-state index contributed by atoms with van der Waals surface area (Å²) in [6.07, 6.45) is 2.55. The predicted octanol–water partition coefficient (Wildman–Crippen LogP) is 0.297. The second-order valence-electron chi connectivity index (χ2n) is 6.03. The monoisotopic (exact) mass is 244 g/mol. The molecule has 4 heteroatoms. The Morgan fingerprint density at radius 2 is 2.00 bits per heavy atom. The zero-order valence-corrected chi connectivity index (χ0v) is 11.4. The van der Waals surface area contributed by atoms with Gasteiger partial charge in [0.1, 0.15) is 0 Å². The fourth-order valence-electron chi connectivity index (χ4n) is 2.54. The summed E-state index contributed by atoms with van der Waals surface area (Å²) in [5, 5.41) is 21.3. The third-order valence-electron chi connectivity index (χ3n) is 4.02. The van der Waals surface area contributed by atoms with E-state index in [2.05, 4.69) is 31.1 Å². The first-order valence-electron chi connectivity index (χ1n) is 6.63. The Kier molecular flexibility index (Phi) is 5.86. The molecule has 0 bridgehead atoms. The highest BCUT2D eigenvalue weighted by molar-refractivity contribution is 4.86. The van der Waals surface area contributed by atoms with Gasteiger partial charge in [0.05, 0.1) is 19.3 Å². The fraction of sp³-hybridized carbons (Fsp3) is 1.00. The number of likely N-dealkylation sites (tertiary alicyclic amines) is 1. The Morgan fingerprint density at radius 1 is 1.35 bits per heavy atom. The van der Waals surface area contributed by atoms with E-state index < -0.39 is 0 Å². The van der Waals surface area contributed by atoms with Crippen LogP contribution in [0.25, 0.3) is 0 Å². The number of nitrogens with one attached hydrogen (secondary N) is 1. The van der Waals surface area contributed by atoms with Gasteiger partial charge in [-0.1, -0.05) is 13.8 Å². The van der Waals surface area contributed by atoms with Gasteiger partial charge in [0.15, 0.2) is 0 Å². The molecule has 1 fully saturated rings. The third kappa shape index (κ3) is 4.54. The van der Waals surface area contributed by atoms with Gasteiger partial charge >= 0.3 is 0 Å². The van der Waals surface area contributed by atoms with Crippen LogP contribution in [0, 0.1) is 11.3 Å². The standard InChI is InChI=1S/C13H28N2O2/c1-13(2,10-14-12(8-16)9-17)11-5-4-6-15(3)7-11/h11-12,14,16-17H,4-10H2,1-3H3. The topological polar surface area (TPSA) is 55.7 Å². The Labute approximate surface area is 105 Å². The van der Waals surface area contributed by atoms with Gasteiger partial charge in [-0.15, -0.1) is 0 Å². The van der Waals surface area contributed by atoms with E-state index in [0.29, 0.717) is 5.92 Å². The molecular formula is C13H28N2O2. The zero-order chi connectivity index (χ0) is 12.9. The van der Waals surface area contributed by atoms with Gasteiger partial charge in [0.2, 0.25) is 0 Å². The maximum atomic E-state index is 9.04. The maximum absolute atomic E-state index is 9.04. The van der Waals surface area contributed by atoms with Crippen molar-refractivity contribution in [2.45, 2.75) is 32.7 Å². The third-order valence-corrected chi connectivity index (χ3v) is 4.02. The minimum atomic E-state index is -0.185. The summed E-state index contributed by atoms with van der Waals surface area (Å²) >= 11 is 0. The number of nitrogens with zero attached hydrogens (tertiary/aromatic N) is 1. The molecule has 0 aromatic carbocycles. The second kappa shape index (κ2) is 6.69. The van der Waals surface area contributed by atoms with Gasteiger partial charge in [0.25, 0.3) is 0 Å². The van der Waals surface area contributed by atoms with Crippen molar-refractivity contribution in [1.82, 2.24) is 10.2 Å². The van der Waals surface area contributed by atoms with Crippen LogP contribution in [0.4, 0.5) is 0 Å². The Balaban J connectivity index is 2.43.